The molecular formula is C17H29N3O2. The number of rotatable bonds is 3. The predicted molar refractivity (Wildman–Crippen MR) is 85.5 cm³/mol. The Labute approximate surface area is 133 Å². The minimum absolute atomic E-state index is 0.0349. The van der Waals surface area contributed by atoms with E-state index in [0.717, 1.165) is 45.3 Å². The van der Waals surface area contributed by atoms with Crippen LogP contribution in [0.1, 0.15) is 58.3 Å². The number of nitrogens with one attached hydrogen (secondary N) is 1. The fourth-order valence-corrected chi connectivity index (χ4v) is 4.08. The van der Waals surface area contributed by atoms with Crippen molar-refractivity contribution in [3.05, 3.63) is 0 Å². The van der Waals surface area contributed by atoms with Gasteiger partial charge >= 0.3 is 6.03 Å². The Balaban J connectivity index is 1.52. The second kappa shape index (κ2) is 6.88. The van der Waals surface area contributed by atoms with Gasteiger partial charge in [-0.1, -0.05) is 6.42 Å². The molecule has 0 aromatic heterocycles. The van der Waals surface area contributed by atoms with Crippen LogP contribution in [-0.4, -0.2) is 53.5 Å². The van der Waals surface area contributed by atoms with Crippen LogP contribution in [0.3, 0.4) is 0 Å². The lowest BCUT2D eigenvalue weighted by Gasteiger charge is -2.37. The monoisotopic (exact) mass is 307 g/mol. The van der Waals surface area contributed by atoms with Gasteiger partial charge in [-0.15, -0.1) is 0 Å². The number of hydrogen-bond donors (Lipinski definition) is 1. The molecule has 0 unspecified atom stereocenters. The van der Waals surface area contributed by atoms with Gasteiger partial charge < -0.3 is 15.1 Å². The molecule has 3 fully saturated rings. The molecule has 2 aliphatic heterocycles. The standard InChI is InChI=1S/C17H29N3O2/c1-13(16(21)19-10-3-2-4-11-19)18-17(22)20-12-6-9-15(20)14-7-5-8-14/h13-15H,2-12H2,1H3,(H,18,22)/t13-,15-/m1/s1. The van der Waals surface area contributed by atoms with Gasteiger partial charge in [0.1, 0.15) is 6.04 Å². The van der Waals surface area contributed by atoms with Crippen molar-refractivity contribution < 1.29 is 9.59 Å². The Morgan fingerprint density at radius 2 is 1.68 bits per heavy atom. The third-order valence-corrected chi connectivity index (χ3v) is 5.63. The van der Waals surface area contributed by atoms with Crippen molar-refractivity contribution in [1.82, 2.24) is 15.1 Å². The molecule has 2 saturated heterocycles. The van der Waals surface area contributed by atoms with E-state index >= 15 is 0 Å². The van der Waals surface area contributed by atoms with Crippen LogP contribution in [0, 0.1) is 5.92 Å². The summed E-state index contributed by atoms with van der Waals surface area (Å²) in [6.07, 6.45) is 9.44. The summed E-state index contributed by atoms with van der Waals surface area (Å²) in [6, 6.07) is -0.0356. The lowest BCUT2D eigenvalue weighted by Crippen LogP contribution is -2.54. The second-order valence-electron chi connectivity index (χ2n) is 7.15. The predicted octanol–water partition coefficient (Wildman–Crippen LogP) is 2.36. The summed E-state index contributed by atoms with van der Waals surface area (Å²) in [6.45, 7) is 4.35. The van der Waals surface area contributed by atoms with Gasteiger partial charge in [0.25, 0.3) is 0 Å². The zero-order chi connectivity index (χ0) is 15.5. The Morgan fingerprint density at radius 1 is 0.955 bits per heavy atom. The smallest absolute Gasteiger partial charge is 0.318 e. The number of likely N-dealkylation sites (tertiary alicyclic amines) is 2. The average Bonchev–Trinajstić information content (AvgIpc) is 2.94. The molecule has 3 rings (SSSR count). The van der Waals surface area contributed by atoms with E-state index in [-0.39, 0.29) is 11.9 Å². The van der Waals surface area contributed by atoms with Crippen LogP contribution in [0.4, 0.5) is 4.79 Å². The van der Waals surface area contributed by atoms with Gasteiger partial charge in [-0.25, -0.2) is 4.79 Å². The molecule has 1 saturated carbocycles. The van der Waals surface area contributed by atoms with Gasteiger partial charge in [0, 0.05) is 25.7 Å². The van der Waals surface area contributed by atoms with Crippen LogP contribution in [0.5, 0.6) is 0 Å². The van der Waals surface area contributed by atoms with E-state index in [9.17, 15) is 9.59 Å². The summed E-state index contributed by atoms with van der Waals surface area (Å²) in [5.41, 5.74) is 0. The fraction of sp³-hybridized carbons (Fsp3) is 0.882. The number of amides is 3. The van der Waals surface area contributed by atoms with E-state index in [1.54, 1.807) is 0 Å². The largest absolute Gasteiger partial charge is 0.341 e. The first-order valence-electron chi connectivity index (χ1n) is 9.03. The van der Waals surface area contributed by atoms with Crippen molar-refractivity contribution in [3.8, 4) is 0 Å². The molecule has 1 N–H and O–H groups in total. The molecule has 2 atom stereocenters. The summed E-state index contributed by atoms with van der Waals surface area (Å²) in [5, 5.41) is 2.95. The summed E-state index contributed by atoms with van der Waals surface area (Å²) in [4.78, 5) is 28.9. The highest BCUT2D eigenvalue weighted by molar-refractivity contribution is 5.87. The van der Waals surface area contributed by atoms with Crippen molar-refractivity contribution in [2.45, 2.75) is 70.4 Å². The molecule has 5 heteroatoms. The summed E-state index contributed by atoms with van der Waals surface area (Å²) in [5.74, 6) is 0.772. The first kappa shape index (κ1) is 15.6. The minimum atomic E-state index is -0.409. The molecule has 0 aromatic rings. The van der Waals surface area contributed by atoms with E-state index in [2.05, 4.69) is 5.32 Å². The van der Waals surface area contributed by atoms with Crippen molar-refractivity contribution in [1.29, 1.82) is 0 Å². The molecule has 0 spiro atoms. The number of piperidine rings is 1. The first-order chi connectivity index (χ1) is 10.7. The molecule has 3 aliphatic rings. The zero-order valence-electron chi connectivity index (χ0n) is 13.7. The van der Waals surface area contributed by atoms with Crippen LogP contribution >= 0.6 is 0 Å². The zero-order valence-corrected chi connectivity index (χ0v) is 13.7. The lowest BCUT2D eigenvalue weighted by molar-refractivity contribution is -0.133. The fourth-order valence-electron chi connectivity index (χ4n) is 4.08. The number of nitrogens with zero attached hydrogens (tertiary/aromatic N) is 2. The second-order valence-corrected chi connectivity index (χ2v) is 7.15. The molecular weight excluding hydrogens is 278 g/mol. The van der Waals surface area contributed by atoms with Gasteiger partial charge in [0.05, 0.1) is 0 Å². The Hall–Kier alpha value is -1.26. The van der Waals surface area contributed by atoms with Crippen molar-refractivity contribution >= 4 is 11.9 Å². The van der Waals surface area contributed by atoms with Crippen LogP contribution in [0.15, 0.2) is 0 Å². The van der Waals surface area contributed by atoms with Crippen LogP contribution < -0.4 is 5.32 Å². The molecule has 1 aliphatic carbocycles. The maximum absolute atomic E-state index is 12.5. The quantitative estimate of drug-likeness (QED) is 0.870. The van der Waals surface area contributed by atoms with Gasteiger partial charge in [-0.2, -0.15) is 0 Å². The molecule has 0 radical (unpaired) electrons. The summed E-state index contributed by atoms with van der Waals surface area (Å²) in [7, 11) is 0. The lowest BCUT2D eigenvalue weighted by atomic mass is 9.79. The number of carbonyl (C=O) groups excluding carboxylic acids is 2. The Morgan fingerprint density at radius 3 is 2.32 bits per heavy atom. The van der Waals surface area contributed by atoms with Crippen molar-refractivity contribution in [2.75, 3.05) is 19.6 Å². The SMILES string of the molecule is C[C@@H](NC(=O)N1CCC[C@@H]1C1CCC1)C(=O)N1CCCCC1. The Bertz CT molecular complexity index is 416. The average molecular weight is 307 g/mol. The van der Waals surface area contributed by atoms with E-state index < -0.39 is 6.04 Å². The minimum Gasteiger partial charge on any atom is -0.341 e. The highest BCUT2D eigenvalue weighted by Crippen LogP contribution is 2.37. The van der Waals surface area contributed by atoms with Gasteiger partial charge in [0.15, 0.2) is 0 Å². The van der Waals surface area contributed by atoms with E-state index in [4.69, 9.17) is 0 Å². The summed E-state index contributed by atoms with van der Waals surface area (Å²) >= 11 is 0. The van der Waals surface area contributed by atoms with Crippen LogP contribution in [0.2, 0.25) is 0 Å². The first-order valence-corrected chi connectivity index (χ1v) is 9.03. The number of carbonyl (C=O) groups is 2. The van der Waals surface area contributed by atoms with Crippen LogP contribution in [-0.2, 0) is 4.79 Å². The summed E-state index contributed by atoms with van der Waals surface area (Å²) < 4.78 is 0. The maximum atomic E-state index is 12.5. The number of urea groups is 1. The molecule has 22 heavy (non-hydrogen) atoms. The third kappa shape index (κ3) is 3.23. The Kier molecular flexibility index (Phi) is 4.89. The molecule has 0 aromatic carbocycles. The van der Waals surface area contributed by atoms with Crippen molar-refractivity contribution in [2.24, 2.45) is 5.92 Å². The van der Waals surface area contributed by atoms with Gasteiger partial charge in [0.2, 0.25) is 5.91 Å². The van der Waals surface area contributed by atoms with Gasteiger partial charge in [-0.3, -0.25) is 4.79 Å². The maximum Gasteiger partial charge on any atom is 0.318 e. The highest BCUT2D eigenvalue weighted by Gasteiger charge is 2.38. The number of hydrogen-bond acceptors (Lipinski definition) is 2. The van der Waals surface area contributed by atoms with Crippen molar-refractivity contribution in [3.63, 3.8) is 0 Å². The normalized spacial score (nSPS) is 27.4. The third-order valence-electron chi connectivity index (χ3n) is 5.63. The highest BCUT2D eigenvalue weighted by atomic mass is 16.2. The van der Waals surface area contributed by atoms with Gasteiger partial charge in [-0.05, 0) is 57.8 Å². The molecule has 124 valence electrons. The van der Waals surface area contributed by atoms with E-state index in [1.807, 2.05) is 16.7 Å². The molecule has 3 amide bonds. The van der Waals surface area contributed by atoms with E-state index in [1.165, 1.54) is 25.7 Å². The molecule has 2 heterocycles. The molecule has 0 bridgehead atoms. The van der Waals surface area contributed by atoms with E-state index in [0.29, 0.717) is 12.0 Å². The topological polar surface area (TPSA) is 52.7 Å². The molecule has 5 nitrogen and oxygen atoms in total. The van der Waals surface area contributed by atoms with Crippen LogP contribution in [0.25, 0.3) is 0 Å².